The Balaban J connectivity index is 1.73. The third-order valence-electron chi connectivity index (χ3n) is 4.96. The number of hydrogen-bond donors (Lipinski definition) is 2. The number of amides is 1. The molecule has 1 aliphatic heterocycles. The number of benzene rings is 1. The molecule has 1 aliphatic carbocycles. The number of anilines is 1. The molecular weight excluding hydrogens is 268 g/mol. The first-order valence-corrected chi connectivity index (χ1v) is 7.43. The van der Waals surface area contributed by atoms with Gasteiger partial charge in [-0.2, -0.15) is 0 Å². The maximum atomic E-state index is 12.5. The number of nitrogens with zero attached hydrogens (tertiary/aromatic N) is 1. The summed E-state index contributed by atoms with van der Waals surface area (Å²) in [5.74, 6) is 0.00114. The summed E-state index contributed by atoms with van der Waals surface area (Å²) in [6, 6.07) is 4.81. The highest BCUT2D eigenvalue weighted by Gasteiger charge is 2.44. The number of aromatic hydroxyl groups is 1. The van der Waals surface area contributed by atoms with Crippen molar-refractivity contribution in [3.8, 4) is 5.75 Å². The molecule has 0 atom stereocenters. The van der Waals surface area contributed by atoms with Crippen LogP contribution in [0.25, 0.3) is 0 Å². The van der Waals surface area contributed by atoms with Gasteiger partial charge < -0.3 is 15.7 Å². The Bertz CT molecular complexity index is 589. The van der Waals surface area contributed by atoms with Crippen molar-refractivity contribution in [3.05, 3.63) is 23.8 Å². The minimum Gasteiger partial charge on any atom is -0.505 e. The Morgan fingerprint density at radius 3 is 2.57 bits per heavy atom. The Morgan fingerprint density at radius 2 is 1.95 bits per heavy atom. The number of Topliss-reactive ketones (excluding diaryl/α,β-unsaturated/α-hetero) is 1. The third kappa shape index (κ3) is 2.26. The number of carbonyl (C=O) groups is 2. The third-order valence-corrected chi connectivity index (χ3v) is 4.96. The number of rotatable bonds is 1. The van der Waals surface area contributed by atoms with Gasteiger partial charge in [-0.3, -0.25) is 9.59 Å². The topological polar surface area (TPSA) is 83.6 Å². The van der Waals surface area contributed by atoms with Crippen molar-refractivity contribution in [3.63, 3.8) is 0 Å². The normalized spacial score (nSPS) is 21.0. The van der Waals surface area contributed by atoms with Crippen LogP contribution in [0.5, 0.6) is 5.75 Å². The van der Waals surface area contributed by atoms with E-state index in [4.69, 9.17) is 5.73 Å². The molecule has 2 aliphatic rings. The summed E-state index contributed by atoms with van der Waals surface area (Å²) in [5.41, 5.74) is 5.90. The van der Waals surface area contributed by atoms with Crippen molar-refractivity contribution < 1.29 is 14.7 Å². The Kier molecular flexibility index (Phi) is 3.35. The van der Waals surface area contributed by atoms with E-state index in [1.807, 2.05) is 0 Å². The van der Waals surface area contributed by atoms with Crippen molar-refractivity contribution in [1.29, 1.82) is 0 Å². The molecule has 3 rings (SSSR count). The molecule has 0 bridgehead atoms. The molecule has 1 saturated carbocycles. The zero-order chi connectivity index (χ0) is 15.0. The van der Waals surface area contributed by atoms with Crippen LogP contribution in [0.3, 0.4) is 0 Å². The summed E-state index contributed by atoms with van der Waals surface area (Å²) in [6.45, 7) is 1.14. The van der Waals surface area contributed by atoms with Crippen LogP contribution < -0.4 is 5.73 Å². The van der Waals surface area contributed by atoms with Gasteiger partial charge in [0, 0.05) is 24.9 Å². The predicted molar refractivity (Wildman–Crippen MR) is 78.9 cm³/mol. The monoisotopic (exact) mass is 288 g/mol. The Hall–Kier alpha value is -2.04. The quantitative estimate of drug-likeness (QED) is 0.611. The summed E-state index contributed by atoms with van der Waals surface area (Å²) in [7, 11) is 0. The molecule has 5 heteroatoms. The van der Waals surface area contributed by atoms with Crippen LogP contribution in [0.1, 0.15) is 42.5 Å². The fourth-order valence-electron chi connectivity index (χ4n) is 3.56. The van der Waals surface area contributed by atoms with Gasteiger partial charge in [0.05, 0.1) is 11.3 Å². The van der Waals surface area contributed by atoms with Gasteiger partial charge in [-0.15, -0.1) is 0 Å². The summed E-state index contributed by atoms with van der Waals surface area (Å²) in [5, 5.41) is 9.92. The smallest absolute Gasteiger partial charge is 0.257 e. The van der Waals surface area contributed by atoms with Gasteiger partial charge in [0.15, 0.2) is 5.75 Å². The summed E-state index contributed by atoms with van der Waals surface area (Å²) >= 11 is 0. The van der Waals surface area contributed by atoms with E-state index in [0.29, 0.717) is 25.3 Å². The van der Waals surface area contributed by atoms with Crippen LogP contribution in [0.2, 0.25) is 0 Å². The lowest BCUT2D eigenvalue weighted by atomic mass is 9.76. The van der Waals surface area contributed by atoms with Gasteiger partial charge in [-0.05, 0) is 37.8 Å². The first-order chi connectivity index (χ1) is 10.0. The Labute approximate surface area is 123 Å². The Morgan fingerprint density at radius 1 is 1.24 bits per heavy atom. The summed E-state index contributed by atoms with van der Waals surface area (Å²) in [6.07, 6.45) is 4.09. The van der Waals surface area contributed by atoms with E-state index in [1.165, 1.54) is 0 Å². The fraction of sp³-hybridized carbons (Fsp3) is 0.500. The molecule has 21 heavy (non-hydrogen) atoms. The zero-order valence-electron chi connectivity index (χ0n) is 12.0. The molecule has 1 spiro atoms. The SMILES string of the molecule is Nc1cccc(C(=O)N2CCC3(CCCC3=O)CC2)c1O. The molecular formula is C16H20N2O3. The average Bonchev–Trinajstić information content (AvgIpc) is 2.83. The van der Waals surface area contributed by atoms with Gasteiger partial charge in [-0.1, -0.05) is 6.07 Å². The number of likely N-dealkylation sites (tertiary alicyclic amines) is 1. The van der Waals surface area contributed by atoms with Crippen LogP contribution in [0.4, 0.5) is 5.69 Å². The predicted octanol–water partition coefficient (Wildman–Crippen LogP) is 1.95. The molecule has 0 aromatic heterocycles. The van der Waals surface area contributed by atoms with Gasteiger partial charge in [-0.25, -0.2) is 0 Å². The molecule has 112 valence electrons. The maximum Gasteiger partial charge on any atom is 0.257 e. The van der Waals surface area contributed by atoms with E-state index in [1.54, 1.807) is 23.1 Å². The molecule has 1 aromatic carbocycles. The number of phenolic OH excluding ortho intramolecular Hbond substituents is 1. The van der Waals surface area contributed by atoms with Crippen molar-refractivity contribution in [2.24, 2.45) is 5.41 Å². The van der Waals surface area contributed by atoms with Crippen molar-refractivity contribution >= 4 is 17.4 Å². The van der Waals surface area contributed by atoms with E-state index in [0.717, 1.165) is 25.7 Å². The van der Waals surface area contributed by atoms with Crippen LogP contribution in [0, 0.1) is 5.41 Å². The second-order valence-electron chi connectivity index (χ2n) is 6.09. The molecule has 2 fully saturated rings. The van der Waals surface area contributed by atoms with Gasteiger partial charge in [0.25, 0.3) is 5.91 Å². The zero-order valence-corrected chi connectivity index (χ0v) is 12.0. The maximum absolute atomic E-state index is 12.5. The molecule has 1 amide bonds. The highest BCUT2D eigenvalue weighted by atomic mass is 16.3. The first kappa shape index (κ1) is 13.9. The summed E-state index contributed by atoms with van der Waals surface area (Å²) < 4.78 is 0. The largest absolute Gasteiger partial charge is 0.505 e. The molecule has 0 radical (unpaired) electrons. The molecule has 3 N–H and O–H groups in total. The van der Waals surface area contributed by atoms with E-state index in [-0.39, 0.29) is 28.3 Å². The lowest BCUT2D eigenvalue weighted by molar-refractivity contribution is -0.127. The van der Waals surface area contributed by atoms with E-state index in [2.05, 4.69) is 0 Å². The van der Waals surface area contributed by atoms with Gasteiger partial charge in [0.1, 0.15) is 5.78 Å². The second-order valence-corrected chi connectivity index (χ2v) is 6.09. The van der Waals surface area contributed by atoms with Crippen LogP contribution in [-0.2, 0) is 4.79 Å². The van der Waals surface area contributed by atoms with Crippen molar-refractivity contribution in [1.82, 2.24) is 4.90 Å². The van der Waals surface area contributed by atoms with Crippen LogP contribution >= 0.6 is 0 Å². The first-order valence-electron chi connectivity index (χ1n) is 7.43. The van der Waals surface area contributed by atoms with E-state index < -0.39 is 0 Å². The van der Waals surface area contributed by atoms with Crippen molar-refractivity contribution in [2.75, 3.05) is 18.8 Å². The average molecular weight is 288 g/mol. The summed E-state index contributed by atoms with van der Waals surface area (Å²) in [4.78, 5) is 26.2. The standard InChI is InChI=1S/C16H20N2O3/c17-12-4-1-3-11(14(12)20)15(21)18-9-7-16(8-10-18)6-2-5-13(16)19/h1,3-4,20H,2,5-10,17H2. The highest BCUT2D eigenvalue weighted by Crippen LogP contribution is 2.43. The number of nitrogens with two attached hydrogens (primary N) is 1. The number of para-hydroxylation sites is 1. The number of nitrogen functional groups attached to an aromatic ring is 1. The number of carbonyl (C=O) groups excluding carboxylic acids is 2. The molecule has 0 unspecified atom stereocenters. The molecule has 1 saturated heterocycles. The minimum atomic E-state index is -0.208. The van der Waals surface area contributed by atoms with Crippen molar-refractivity contribution in [2.45, 2.75) is 32.1 Å². The van der Waals surface area contributed by atoms with Crippen LogP contribution in [0.15, 0.2) is 18.2 Å². The minimum absolute atomic E-state index is 0.153. The van der Waals surface area contributed by atoms with Gasteiger partial charge >= 0.3 is 0 Å². The van der Waals surface area contributed by atoms with E-state index in [9.17, 15) is 14.7 Å². The second kappa shape index (κ2) is 5.06. The fourth-order valence-corrected chi connectivity index (χ4v) is 3.56. The lowest BCUT2D eigenvalue weighted by Gasteiger charge is -2.38. The van der Waals surface area contributed by atoms with Gasteiger partial charge in [0.2, 0.25) is 0 Å². The number of ketones is 1. The lowest BCUT2D eigenvalue weighted by Crippen LogP contribution is -2.44. The molecule has 5 nitrogen and oxygen atoms in total. The van der Waals surface area contributed by atoms with E-state index >= 15 is 0 Å². The van der Waals surface area contributed by atoms with Crippen LogP contribution in [-0.4, -0.2) is 34.8 Å². The molecule has 1 aromatic rings. The number of piperidine rings is 1. The highest BCUT2D eigenvalue weighted by molar-refractivity contribution is 5.98. The molecule has 1 heterocycles. The number of phenols is 1. The number of hydrogen-bond acceptors (Lipinski definition) is 4.